The summed E-state index contributed by atoms with van der Waals surface area (Å²) in [6.45, 7) is 4.11. The first kappa shape index (κ1) is 7.54. The Bertz CT molecular complexity index is 110. The van der Waals surface area contributed by atoms with Gasteiger partial charge in [-0.05, 0) is 19.8 Å². The summed E-state index contributed by atoms with van der Waals surface area (Å²) < 4.78 is 0. The van der Waals surface area contributed by atoms with Crippen LogP contribution in [-0.2, 0) is 4.79 Å². The van der Waals surface area contributed by atoms with E-state index in [0.717, 1.165) is 25.7 Å². The quantitative estimate of drug-likeness (QED) is 0.575. The van der Waals surface area contributed by atoms with Crippen molar-refractivity contribution in [1.82, 2.24) is 10.2 Å². The standard InChI is InChI=1S/C7H13N2O/c1-7(8-6-10)9-4-2-3-5-9/h6H,2-5H2,1H3,(H,8,10). The van der Waals surface area contributed by atoms with E-state index >= 15 is 0 Å². The molecule has 1 amide bonds. The highest BCUT2D eigenvalue weighted by molar-refractivity contribution is 5.48. The predicted octanol–water partition coefficient (Wildman–Crippen LogP) is 0.338. The normalized spacial score (nSPS) is 19.8. The van der Waals surface area contributed by atoms with Crippen molar-refractivity contribution in [2.75, 3.05) is 13.1 Å². The first-order valence-electron chi connectivity index (χ1n) is 3.63. The van der Waals surface area contributed by atoms with Gasteiger partial charge in [-0.2, -0.15) is 0 Å². The number of nitrogens with zero attached hydrogens (tertiary/aromatic N) is 1. The molecule has 0 atom stereocenters. The van der Waals surface area contributed by atoms with Crippen molar-refractivity contribution in [1.29, 1.82) is 0 Å². The van der Waals surface area contributed by atoms with Gasteiger partial charge in [0.05, 0.1) is 0 Å². The van der Waals surface area contributed by atoms with Crippen LogP contribution in [-0.4, -0.2) is 24.4 Å². The number of rotatable bonds is 3. The molecule has 0 unspecified atom stereocenters. The van der Waals surface area contributed by atoms with E-state index < -0.39 is 0 Å². The minimum Gasteiger partial charge on any atom is -0.337 e. The Kier molecular flexibility index (Phi) is 2.68. The molecular weight excluding hydrogens is 128 g/mol. The lowest BCUT2D eigenvalue weighted by atomic mass is 10.4. The Hall–Kier alpha value is -0.570. The molecular formula is C7H13N2O. The lowest BCUT2D eigenvalue weighted by molar-refractivity contribution is -0.109. The third-order valence-electron chi connectivity index (χ3n) is 1.85. The van der Waals surface area contributed by atoms with Gasteiger partial charge in [-0.25, -0.2) is 0 Å². The van der Waals surface area contributed by atoms with Crippen molar-refractivity contribution in [3.05, 3.63) is 6.17 Å². The highest BCUT2D eigenvalue weighted by Crippen LogP contribution is 2.13. The minimum atomic E-state index is 0.730. The van der Waals surface area contributed by atoms with Gasteiger partial charge in [0.1, 0.15) is 6.17 Å². The van der Waals surface area contributed by atoms with E-state index in [9.17, 15) is 4.79 Å². The van der Waals surface area contributed by atoms with Crippen LogP contribution >= 0.6 is 0 Å². The number of carbonyl (C=O) groups is 1. The fourth-order valence-electron chi connectivity index (χ4n) is 1.23. The Morgan fingerprint density at radius 2 is 2.10 bits per heavy atom. The van der Waals surface area contributed by atoms with Crippen LogP contribution in [0.2, 0.25) is 0 Å². The van der Waals surface area contributed by atoms with Crippen molar-refractivity contribution in [2.45, 2.75) is 19.8 Å². The third-order valence-corrected chi connectivity index (χ3v) is 1.85. The van der Waals surface area contributed by atoms with Crippen LogP contribution in [0.5, 0.6) is 0 Å². The summed E-state index contributed by atoms with van der Waals surface area (Å²) in [5, 5.41) is 2.65. The van der Waals surface area contributed by atoms with Gasteiger partial charge >= 0.3 is 0 Å². The summed E-state index contributed by atoms with van der Waals surface area (Å²) in [7, 11) is 0. The van der Waals surface area contributed by atoms with Gasteiger partial charge in [-0.15, -0.1) is 0 Å². The topological polar surface area (TPSA) is 32.3 Å². The second-order valence-electron chi connectivity index (χ2n) is 2.54. The average molecular weight is 141 g/mol. The van der Waals surface area contributed by atoms with Crippen LogP contribution in [0.3, 0.4) is 0 Å². The number of carbonyl (C=O) groups excluding carboxylic acids is 1. The molecule has 1 aliphatic heterocycles. The lowest BCUT2D eigenvalue weighted by Crippen LogP contribution is -2.33. The zero-order valence-electron chi connectivity index (χ0n) is 6.26. The zero-order valence-corrected chi connectivity index (χ0v) is 6.26. The van der Waals surface area contributed by atoms with Crippen molar-refractivity contribution < 1.29 is 4.79 Å². The molecule has 0 aromatic rings. The first-order chi connectivity index (χ1) is 4.84. The van der Waals surface area contributed by atoms with Gasteiger partial charge in [-0.3, -0.25) is 9.69 Å². The number of nitrogens with one attached hydrogen (secondary N) is 1. The molecule has 0 aromatic carbocycles. The minimum absolute atomic E-state index is 0.730. The summed E-state index contributed by atoms with van der Waals surface area (Å²) in [6, 6.07) is 0. The third kappa shape index (κ3) is 1.70. The van der Waals surface area contributed by atoms with Gasteiger partial charge in [0.25, 0.3) is 0 Å². The van der Waals surface area contributed by atoms with E-state index in [2.05, 4.69) is 10.2 Å². The maximum atomic E-state index is 10.0. The van der Waals surface area contributed by atoms with E-state index in [1.54, 1.807) is 0 Å². The molecule has 0 aromatic heterocycles. The molecule has 0 aliphatic carbocycles. The summed E-state index contributed by atoms with van der Waals surface area (Å²) >= 11 is 0. The predicted molar refractivity (Wildman–Crippen MR) is 38.9 cm³/mol. The molecule has 1 radical (unpaired) electrons. The summed E-state index contributed by atoms with van der Waals surface area (Å²) in [5.74, 6) is 0. The molecule has 1 rings (SSSR count). The Balaban J connectivity index is 2.24. The molecule has 0 spiro atoms. The van der Waals surface area contributed by atoms with Crippen LogP contribution in [0.25, 0.3) is 0 Å². The number of amides is 1. The molecule has 10 heavy (non-hydrogen) atoms. The van der Waals surface area contributed by atoms with Gasteiger partial charge < -0.3 is 5.32 Å². The smallest absolute Gasteiger partial charge is 0.208 e. The highest BCUT2D eigenvalue weighted by Gasteiger charge is 2.17. The Morgan fingerprint density at radius 1 is 1.50 bits per heavy atom. The summed E-state index contributed by atoms with van der Waals surface area (Å²) in [6.07, 6.45) is 4.20. The molecule has 3 heteroatoms. The maximum Gasteiger partial charge on any atom is 0.208 e. The molecule has 1 heterocycles. The van der Waals surface area contributed by atoms with Crippen LogP contribution in [0.4, 0.5) is 0 Å². The average Bonchev–Trinajstić information content (AvgIpc) is 2.38. The molecule has 1 N–H and O–H groups in total. The molecule has 57 valence electrons. The fourth-order valence-corrected chi connectivity index (χ4v) is 1.23. The summed E-state index contributed by atoms with van der Waals surface area (Å²) in [4.78, 5) is 12.2. The van der Waals surface area contributed by atoms with Crippen molar-refractivity contribution in [3.63, 3.8) is 0 Å². The van der Waals surface area contributed by atoms with Gasteiger partial charge in [0.2, 0.25) is 6.41 Å². The Morgan fingerprint density at radius 3 is 2.60 bits per heavy atom. The highest BCUT2D eigenvalue weighted by atomic mass is 16.1. The van der Waals surface area contributed by atoms with E-state index in [-0.39, 0.29) is 0 Å². The van der Waals surface area contributed by atoms with Crippen LogP contribution in [0.1, 0.15) is 19.8 Å². The number of likely N-dealkylation sites (tertiary alicyclic amines) is 1. The molecule has 1 saturated heterocycles. The van der Waals surface area contributed by atoms with E-state index in [0.29, 0.717) is 0 Å². The van der Waals surface area contributed by atoms with Crippen LogP contribution < -0.4 is 5.32 Å². The van der Waals surface area contributed by atoms with Gasteiger partial charge in [-0.1, -0.05) is 0 Å². The van der Waals surface area contributed by atoms with Gasteiger partial charge in [0.15, 0.2) is 0 Å². The molecule has 1 fully saturated rings. The van der Waals surface area contributed by atoms with E-state index in [1.807, 2.05) is 6.92 Å². The van der Waals surface area contributed by atoms with Crippen molar-refractivity contribution in [3.8, 4) is 0 Å². The number of hydrogen-bond acceptors (Lipinski definition) is 2. The van der Waals surface area contributed by atoms with Crippen LogP contribution in [0.15, 0.2) is 0 Å². The summed E-state index contributed by atoms with van der Waals surface area (Å²) in [5.41, 5.74) is 0. The molecule has 0 saturated carbocycles. The molecule has 0 bridgehead atoms. The second kappa shape index (κ2) is 3.56. The Labute approximate surface area is 61.4 Å². The SMILES string of the molecule is C[C](NC=O)N1CCCC1. The van der Waals surface area contributed by atoms with Crippen molar-refractivity contribution >= 4 is 6.41 Å². The number of hydrogen-bond donors (Lipinski definition) is 1. The molecule has 1 aliphatic rings. The monoisotopic (exact) mass is 141 g/mol. The van der Waals surface area contributed by atoms with Gasteiger partial charge in [0, 0.05) is 13.1 Å². The second-order valence-corrected chi connectivity index (χ2v) is 2.54. The van der Waals surface area contributed by atoms with Crippen molar-refractivity contribution in [2.24, 2.45) is 0 Å². The maximum absolute atomic E-state index is 10.0. The zero-order chi connectivity index (χ0) is 7.40. The molecule has 3 nitrogen and oxygen atoms in total. The lowest BCUT2D eigenvalue weighted by Gasteiger charge is -2.20. The largest absolute Gasteiger partial charge is 0.337 e. The van der Waals surface area contributed by atoms with E-state index in [4.69, 9.17) is 0 Å². The van der Waals surface area contributed by atoms with Crippen LogP contribution in [0, 0.1) is 6.17 Å². The first-order valence-corrected chi connectivity index (χ1v) is 3.63. The fraction of sp³-hybridized carbons (Fsp3) is 0.714. The van der Waals surface area contributed by atoms with E-state index in [1.165, 1.54) is 12.8 Å².